The summed E-state index contributed by atoms with van der Waals surface area (Å²) in [6.45, 7) is 0. The van der Waals surface area contributed by atoms with E-state index >= 15 is 0 Å². The molecule has 0 aliphatic carbocycles. The number of sulfone groups is 1. The molecule has 8 nitrogen and oxygen atoms in total. The molecule has 1 N–H and O–H groups in total. The quantitative estimate of drug-likeness (QED) is 0.461. The normalized spacial score (nSPS) is 12.4. The van der Waals surface area contributed by atoms with Crippen molar-refractivity contribution in [2.24, 2.45) is 0 Å². The molecule has 0 atom stereocenters. The number of hydrogen-bond acceptors (Lipinski definition) is 7. The van der Waals surface area contributed by atoms with Crippen molar-refractivity contribution >= 4 is 24.1 Å². The Balaban J connectivity index is 2.88. The fraction of sp³-hybridized carbons (Fsp3) is 0.200. The molecule has 112 valence electrons. The minimum atomic E-state index is -3.81. The molecule has 1 rings (SSSR count). The van der Waals surface area contributed by atoms with Gasteiger partial charge in [-0.15, -0.1) is 0 Å². The zero-order valence-electron chi connectivity index (χ0n) is 10.8. The van der Waals surface area contributed by atoms with Gasteiger partial charge in [0.1, 0.15) is 0 Å². The van der Waals surface area contributed by atoms with Crippen LogP contribution in [0.3, 0.4) is 0 Å². The van der Waals surface area contributed by atoms with E-state index in [2.05, 4.69) is 5.09 Å². The van der Waals surface area contributed by atoms with E-state index in [0.717, 1.165) is 0 Å². The monoisotopic (exact) mass is 322 g/mol. The van der Waals surface area contributed by atoms with Crippen molar-refractivity contribution in [2.75, 3.05) is 19.3 Å². The number of anilines is 1. The van der Waals surface area contributed by atoms with Crippen molar-refractivity contribution < 1.29 is 22.4 Å². The van der Waals surface area contributed by atoms with E-state index < -0.39 is 23.3 Å². The average molecular weight is 322 g/mol. The van der Waals surface area contributed by atoms with Crippen LogP contribution in [0.2, 0.25) is 0 Å². The summed E-state index contributed by atoms with van der Waals surface area (Å²) in [5, 5.41) is 13.7. The third-order valence-electron chi connectivity index (χ3n) is 2.26. The molecule has 0 aliphatic heterocycles. The molecule has 0 heterocycles. The first-order valence-corrected chi connectivity index (χ1v) is 8.44. The first kappa shape index (κ1) is 16.5. The zero-order chi connectivity index (χ0) is 15.2. The molecule has 0 bridgehead atoms. The van der Waals surface area contributed by atoms with Gasteiger partial charge in [0.05, 0.1) is 0 Å². The predicted molar refractivity (Wildman–Crippen MR) is 77.1 cm³/mol. The van der Waals surface area contributed by atoms with Gasteiger partial charge in [0, 0.05) is 0 Å². The molecule has 1 aromatic rings. The molecule has 0 fully saturated rings. The topological polar surface area (TPSA) is 108 Å². The SMILES string of the molecule is CO[PH2](Nc1ccc(S(=O)(=O)C=C[N+](=O)[O-])cc1)OC. The van der Waals surface area contributed by atoms with Crippen molar-refractivity contribution in [2.45, 2.75) is 4.90 Å². The van der Waals surface area contributed by atoms with Crippen molar-refractivity contribution in [3.05, 3.63) is 46.0 Å². The number of benzene rings is 1. The molecule has 0 saturated carbocycles. The summed E-state index contributed by atoms with van der Waals surface area (Å²) in [5.41, 5.74) is 0.641. The molecule has 10 heteroatoms. The molecule has 0 aromatic heterocycles. The number of rotatable bonds is 7. The first-order valence-electron chi connectivity index (χ1n) is 5.38. The van der Waals surface area contributed by atoms with E-state index in [1.165, 1.54) is 38.5 Å². The van der Waals surface area contributed by atoms with E-state index in [0.29, 0.717) is 17.3 Å². The van der Waals surface area contributed by atoms with E-state index in [1.807, 2.05) is 0 Å². The Hall–Kier alpha value is -1.54. The van der Waals surface area contributed by atoms with Crippen LogP contribution in [0.1, 0.15) is 0 Å². The minimum absolute atomic E-state index is 0.0331. The van der Waals surface area contributed by atoms with Gasteiger partial charge >= 0.3 is 117 Å². The molecule has 0 unspecified atom stereocenters. The van der Waals surface area contributed by atoms with Crippen LogP contribution in [0.4, 0.5) is 5.69 Å². The summed E-state index contributed by atoms with van der Waals surface area (Å²) in [7, 11) is -2.80. The second kappa shape index (κ2) is 7.30. The van der Waals surface area contributed by atoms with Crippen LogP contribution in [0.5, 0.6) is 0 Å². The Kier molecular flexibility index (Phi) is 6.03. The Morgan fingerprint density at radius 1 is 1.25 bits per heavy atom. The number of hydrogen-bond donors (Lipinski definition) is 1. The second-order valence-electron chi connectivity index (χ2n) is 3.59. The van der Waals surface area contributed by atoms with Gasteiger partial charge in [0.25, 0.3) is 0 Å². The van der Waals surface area contributed by atoms with Crippen LogP contribution in [-0.2, 0) is 18.9 Å². The number of nitrogens with zero attached hydrogens (tertiary/aromatic N) is 1. The molecule has 0 saturated heterocycles. The van der Waals surface area contributed by atoms with E-state index in [4.69, 9.17) is 9.05 Å². The van der Waals surface area contributed by atoms with E-state index in [-0.39, 0.29) is 4.90 Å². The summed E-state index contributed by atoms with van der Waals surface area (Å²) < 4.78 is 33.6. The van der Waals surface area contributed by atoms with Gasteiger partial charge in [-0.1, -0.05) is 0 Å². The zero-order valence-corrected chi connectivity index (χ0v) is 12.8. The van der Waals surface area contributed by atoms with Crippen LogP contribution in [0, 0.1) is 10.1 Å². The fourth-order valence-electron chi connectivity index (χ4n) is 1.30. The van der Waals surface area contributed by atoms with Crippen molar-refractivity contribution in [1.29, 1.82) is 0 Å². The molecule has 0 spiro atoms. The van der Waals surface area contributed by atoms with Crippen LogP contribution in [0.25, 0.3) is 0 Å². The fourth-order valence-corrected chi connectivity index (χ4v) is 3.12. The Labute approximate surface area is 117 Å². The van der Waals surface area contributed by atoms with Gasteiger partial charge in [-0.05, 0) is 0 Å². The summed E-state index contributed by atoms with van der Waals surface area (Å²) >= 11 is 0. The molecule has 1 aromatic carbocycles. The van der Waals surface area contributed by atoms with Crippen molar-refractivity contribution in [3.8, 4) is 0 Å². The maximum atomic E-state index is 11.7. The van der Waals surface area contributed by atoms with Gasteiger partial charge in [-0.2, -0.15) is 0 Å². The van der Waals surface area contributed by atoms with Gasteiger partial charge in [-0.25, -0.2) is 0 Å². The van der Waals surface area contributed by atoms with E-state index in [9.17, 15) is 18.5 Å². The van der Waals surface area contributed by atoms with Gasteiger partial charge in [0.2, 0.25) is 0 Å². The number of nitro groups is 1. The standard InChI is InChI=1S/C10H15N2O6PS/c1-17-19(18-2)11-9-3-5-10(6-4-9)20(15,16)8-7-12(13)14/h3-8,11H,19H2,1-2H3. The Bertz CT molecular complexity index is 582. The molecular formula is C10H15N2O6PS. The van der Waals surface area contributed by atoms with Gasteiger partial charge < -0.3 is 0 Å². The first-order chi connectivity index (χ1) is 9.39. The van der Waals surface area contributed by atoms with Crippen LogP contribution in [0.15, 0.2) is 40.8 Å². The van der Waals surface area contributed by atoms with Crippen LogP contribution in [-0.4, -0.2) is 27.6 Å². The molecule has 0 aliphatic rings. The van der Waals surface area contributed by atoms with Crippen molar-refractivity contribution in [3.63, 3.8) is 0 Å². The summed E-state index contributed by atoms with van der Waals surface area (Å²) in [6, 6.07) is 5.76. The van der Waals surface area contributed by atoms with E-state index in [1.54, 1.807) is 0 Å². The number of nitrogens with one attached hydrogen (secondary N) is 1. The van der Waals surface area contributed by atoms with Gasteiger partial charge in [-0.3, -0.25) is 0 Å². The van der Waals surface area contributed by atoms with Crippen LogP contribution >= 0.6 is 8.53 Å². The third-order valence-corrected chi connectivity index (χ3v) is 5.09. The van der Waals surface area contributed by atoms with Gasteiger partial charge in [0.15, 0.2) is 0 Å². The van der Waals surface area contributed by atoms with Crippen LogP contribution < -0.4 is 5.09 Å². The maximum absolute atomic E-state index is 11.7. The third kappa shape index (κ3) is 4.86. The Morgan fingerprint density at radius 3 is 2.25 bits per heavy atom. The molecular weight excluding hydrogens is 307 g/mol. The molecule has 0 amide bonds. The summed E-state index contributed by atoms with van der Waals surface area (Å²) in [5.74, 6) is 0. The molecule has 0 radical (unpaired) electrons. The Morgan fingerprint density at radius 2 is 1.80 bits per heavy atom. The average Bonchev–Trinajstić information content (AvgIpc) is 2.43. The summed E-state index contributed by atoms with van der Waals surface area (Å²) in [6.07, 6.45) is 0.389. The van der Waals surface area contributed by atoms with Crippen molar-refractivity contribution in [1.82, 2.24) is 0 Å². The summed E-state index contributed by atoms with van der Waals surface area (Å²) in [4.78, 5) is 9.27. The predicted octanol–water partition coefficient (Wildman–Crippen LogP) is 1.60. The molecule has 20 heavy (non-hydrogen) atoms. The second-order valence-corrected chi connectivity index (χ2v) is 7.32.